The molecule has 3 rings (SSSR count). The van der Waals surface area contributed by atoms with E-state index in [4.69, 9.17) is 0 Å². The van der Waals surface area contributed by atoms with Crippen molar-refractivity contribution in [2.75, 3.05) is 0 Å². The Morgan fingerprint density at radius 2 is 1.64 bits per heavy atom. The first-order valence-electron chi connectivity index (χ1n) is 6.91. The second-order valence-corrected chi connectivity index (χ2v) is 7.66. The van der Waals surface area contributed by atoms with Crippen molar-refractivity contribution < 1.29 is 12.8 Å². The molecule has 1 aliphatic rings. The molecule has 0 heterocycles. The van der Waals surface area contributed by atoms with Gasteiger partial charge >= 0.3 is 0 Å². The molecule has 0 amide bonds. The monoisotopic (exact) mass is 315 g/mol. The van der Waals surface area contributed by atoms with Gasteiger partial charge in [0.15, 0.2) is 9.84 Å². The van der Waals surface area contributed by atoms with E-state index in [-0.39, 0.29) is 10.7 Å². The van der Waals surface area contributed by atoms with Crippen LogP contribution in [0.2, 0.25) is 0 Å². The van der Waals surface area contributed by atoms with Crippen LogP contribution < -0.4 is 0 Å². The summed E-state index contributed by atoms with van der Waals surface area (Å²) in [6, 6.07) is 14.4. The van der Waals surface area contributed by atoms with Crippen LogP contribution in [0.15, 0.2) is 53.4 Å². The van der Waals surface area contributed by atoms with Gasteiger partial charge in [-0.3, -0.25) is 0 Å². The van der Waals surface area contributed by atoms with E-state index in [9.17, 15) is 18.1 Å². The van der Waals surface area contributed by atoms with Crippen LogP contribution in [0, 0.1) is 30.0 Å². The zero-order chi connectivity index (χ0) is 15.9. The van der Waals surface area contributed by atoms with E-state index < -0.39 is 26.9 Å². The summed E-state index contributed by atoms with van der Waals surface area (Å²) in [4.78, 5) is 0.230. The van der Waals surface area contributed by atoms with Crippen LogP contribution in [0.5, 0.6) is 0 Å². The van der Waals surface area contributed by atoms with Gasteiger partial charge < -0.3 is 0 Å². The lowest BCUT2D eigenvalue weighted by molar-refractivity contribution is 0.593. The number of rotatable bonds is 3. The number of nitriles is 1. The highest BCUT2D eigenvalue weighted by molar-refractivity contribution is 7.92. The van der Waals surface area contributed by atoms with Gasteiger partial charge in [0, 0.05) is 5.92 Å². The molecule has 0 aromatic heterocycles. The van der Waals surface area contributed by atoms with Crippen molar-refractivity contribution in [3.05, 3.63) is 65.5 Å². The molecule has 1 aliphatic carbocycles. The summed E-state index contributed by atoms with van der Waals surface area (Å²) >= 11 is 0. The quantitative estimate of drug-likeness (QED) is 0.874. The van der Waals surface area contributed by atoms with Crippen LogP contribution in [-0.2, 0) is 9.84 Å². The molecule has 3 atom stereocenters. The molecule has 5 heteroatoms. The van der Waals surface area contributed by atoms with Crippen molar-refractivity contribution in [1.29, 1.82) is 5.26 Å². The van der Waals surface area contributed by atoms with Gasteiger partial charge in [-0.25, -0.2) is 12.8 Å². The first-order chi connectivity index (χ1) is 10.4. The molecule has 0 radical (unpaired) electrons. The van der Waals surface area contributed by atoms with Gasteiger partial charge in [-0.15, -0.1) is 0 Å². The number of aryl methyl sites for hydroxylation is 1. The molecule has 0 aliphatic heterocycles. The predicted molar refractivity (Wildman–Crippen MR) is 80.4 cm³/mol. The molecular formula is C17H14FNO2S. The zero-order valence-electron chi connectivity index (χ0n) is 11.9. The fourth-order valence-electron chi connectivity index (χ4n) is 2.79. The van der Waals surface area contributed by atoms with Gasteiger partial charge in [0.2, 0.25) is 0 Å². The van der Waals surface area contributed by atoms with Gasteiger partial charge in [0.25, 0.3) is 0 Å². The Labute approximate surface area is 128 Å². The Hall–Kier alpha value is -2.19. The van der Waals surface area contributed by atoms with Crippen molar-refractivity contribution in [2.24, 2.45) is 5.92 Å². The zero-order valence-corrected chi connectivity index (χ0v) is 12.7. The van der Waals surface area contributed by atoms with Crippen LogP contribution in [0.4, 0.5) is 4.39 Å². The van der Waals surface area contributed by atoms with Crippen LogP contribution in [-0.4, -0.2) is 13.7 Å². The number of hydrogen-bond donors (Lipinski definition) is 0. The standard InChI is InChI=1S/C17H14FNO2S/c1-11-2-8-14(9-3-11)22(20,21)17-15(10-19)16(17)12-4-6-13(18)7-5-12/h2-9,15-17H,1H3/t15-,16-,17-/m1/s1. The molecular weight excluding hydrogens is 301 g/mol. The highest BCUT2D eigenvalue weighted by Gasteiger charge is 2.59. The lowest BCUT2D eigenvalue weighted by atomic mass is 10.1. The summed E-state index contributed by atoms with van der Waals surface area (Å²) in [5.74, 6) is -1.36. The topological polar surface area (TPSA) is 57.9 Å². The molecule has 112 valence electrons. The van der Waals surface area contributed by atoms with Gasteiger partial charge in [0.05, 0.1) is 22.1 Å². The molecule has 0 bridgehead atoms. The molecule has 0 spiro atoms. The highest BCUT2D eigenvalue weighted by Crippen LogP contribution is 2.53. The van der Waals surface area contributed by atoms with Crippen molar-refractivity contribution in [1.82, 2.24) is 0 Å². The highest BCUT2D eigenvalue weighted by atomic mass is 32.2. The third-order valence-electron chi connectivity index (χ3n) is 4.07. The van der Waals surface area contributed by atoms with Crippen LogP contribution in [0.25, 0.3) is 0 Å². The number of benzene rings is 2. The smallest absolute Gasteiger partial charge is 0.183 e. The van der Waals surface area contributed by atoms with Crippen molar-refractivity contribution in [2.45, 2.75) is 23.0 Å². The van der Waals surface area contributed by atoms with Gasteiger partial charge in [0.1, 0.15) is 5.82 Å². The molecule has 0 N–H and O–H groups in total. The average molecular weight is 315 g/mol. The fraction of sp³-hybridized carbons (Fsp3) is 0.235. The van der Waals surface area contributed by atoms with Gasteiger partial charge in [-0.05, 0) is 36.8 Å². The minimum Gasteiger partial charge on any atom is -0.223 e. The van der Waals surface area contributed by atoms with Crippen molar-refractivity contribution >= 4 is 9.84 Å². The molecule has 0 saturated heterocycles. The summed E-state index contributed by atoms with van der Waals surface area (Å²) in [6.45, 7) is 1.88. The molecule has 3 nitrogen and oxygen atoms in total. The van der Waals surface area contributed by atoms with E-state index in [1.54, 1.807) is 36.4 Å². The van der Waals surface area contributed by atoms with E-state index in [0.717, 1.165) is 5.56 Å². The van der Waals surface area contributed by atoms with E-state index in [1.807, 2.05) is 6.92 Å². The Kier molecular flexibility index (Phi) is 3.50. The van der Waals surface area contributed by atoms with E-state index in [0.29, 0.717) is 5.56 Å². The Balaban J connectivity index is 1.95. The maximum atomic E-state index is 13.0. The number of hydrogen-bond acceptors (Lipinski definition) is 3. The SMILES string of the molecule is Cc1ccc(S(=O)(=O)[C@@H]2[C@H](C#N)[C@H]2c2ccc(F)cc2)cc1. The van der Waals surface area contributed by atoms with Crippen LogP contribution >= 0.6 is 0 Å². The van der Waals surface area contributed by atoms with E-state index in [1.165, 1.54) is 12.1 Å². The molecule has 1 saturated carbocycles. The molecule has 2 aromatic carbocycles. The van der Waals surface area contributed by atoms with Crippen LogP contribution in [0.3, 0.4) is 0 Å². The third-order valence-corrected chi connectivity index (χ3v) is 6.30. The molecule has 2 aromatic rings. The number of sulfone groups is 1. The third kappa shape index (κ3) is 2.40. The summed E-state index contributed by atoms with van der Waals surface area (Å²) in [6.07, 6.45) is 0. The maximum absolute atomic E-state index is 13.0. The Morgan fingerprint density at radius 3 is 2.18 bits per heavy atom. The summed E-state index contributed by atoms with van der Waals surface area (Å²) in [5, 5.41) is 8.47. The predicted octanol–water partition coefficient (Wildman–Crippen LogP) is 3.21. The Morgan fingerprint density at radius 1 is 1.05 bits per heavy atom. The lowest BCUT2D eigenvalue weighted by Gasteiger charge is -2.04. The number of nitrogens with zero attached hydrogens (tertiary/aromatic N) is 1. The van der Waals surface area contributed by atoms with Gasteiger partial charge in [-0.1, -0.05) is 29.8 Å². The van der Waals surface area contributed by atoms with Crippen LogP contribution in [0.1, 0.15) is 17.0 Å². The second-order valence-electron chi connectivity index (χ2n) is 5.55. The fourth-order valence-corrected chi connectivity index (χ4v) is 4.86. The number of halogens is 1. The first kappa shape index (κ1) is 14.7. The normalized spacial score (nSPS) is 23.8. The summed E-state index contributed by atoms with van der Waals surface area (Å²) in [5.41, 5.74) is 1.66. The lowest BCUT2D eigenvalue weighted by Crippen LogP contribution is -2.10. The summed E-state index contributed by atoms with van der Waals surface area (Å²) < 4.78 is 38.4. The minimum atomic E-state index is -3.57. The van der Waals surface area contributed by atoms with Crippen molar-refractivity contribution in [3.8, 4) is 6.07 Å². The maximum Gasteiger partial charge on any atom is 0.183 e. The van der Waals surface area contributed by atoms with E-state index in [2.05, 4.69) is 6.07 Å². The molecule has 1 fully saturated rings. The Bertz CT molecular complexity index is 836. The first-order valence-corrected chi connectivity index (χ1v) is 8.45. The summed E-state index contributed by atoms with van der Waals surface area (Å²) in [7, 11) is -3.57. The van der Waals surface area contributed by atoms with E-state index >= 15 is 0 Å². The largest absolute Gasteiger partial charge is 0.223 e. The minimum absolute atomic E-state index is 0.230. The second kappa shape index (κ2) is 5.22. The molecule has 0 unspecified atom stereocenters. The average Bonchev–Trinajstić information content (AvgIpc) is 3.24. The molecule has 22 heavy (non-hydrogen) atoms. The van der Waals surface area contributed by atoms with Gasteiger partial charge in [-0.2, -0.15) is 5.26 Å². The van der Waals surface area contributed by atoms with Crippen molar-refractivity contribution in [3.63, 3.8) is 0 Å².